The molecule has 0 radical (unpaired) electrons. The van der Waals surface area contributed by atoms with Crippen LogP contribution in [0.2, 0.25) is 0 Å². The third-order valence-electron chi connectivity index (χ3n) is 7.26. The van der Waals surface area contributed by atoms with E-state index in [9.17, 15) is 19.2 Å². The number of nitrogens with one attached hydrogen (secondary N) is 2. The second kappa shape index (κ2) is 10.1. The van der Waals surface area contributed by atoms with Gasteiger partial charge in [0, 0.05) is 18.8 Å². The average Bonchev–Trinajstić information content (AvgIpc) is 3.40. The SMILES string of the molecule is Cc1cccc(NC(=O)CN(CC2CCCO2)C(=O)CN2C(=O)NC3(CCCCC3)C2=O)c1C. The highest BCUT2D eigenvalue weighted by atomic mass is 16.5. The summed E-state index contributed by atoms with van der Waals surface area (Å²) in [6.07, 6.45) is 5.51. The van der Waals surface area contributed by atoms with Gasteiger partial charge in [-0.1, -0.05) is 31.4 Å². The quantitative estimate of drug-likeness (QED) is 0.596. The molecule has 5 amide bonds. The highest BCUT2D eigenvalue weighted by molar-refractivity contribution is 6.09. The van der Waals surface area contributed by atoms with Gasteiger partial charge in [-0.2, -0.15) is 0 Å². The Morgan fingerprint density at radius 3 is 2.65 bits per heavy atom. The minimum atomic E-state index is -0.880. The Labute approximate surface area is 200 Å². The third-order valence-corrected chi connectivity index (χ3v) is 7.26. The summed E-state index contributed by atoms with van der Waals surface area (Å²) in [6, 6.07) is 5.13. The van der Waals surface area contributed by atoms with Crippen molar-refractivity contribution in [1.82, 2.24) is 15.1 Å². The van der Waals surface area contributed by atoms with Crippen LogP contribution in [0.1, 0.15) is 56.1 Å². The van der Waals surface area contributed by atoms with Crippen LogP contribution in [0.15, 0.2) is 18.2 Å². The number of carbonyl (C=O) groups excluding carboxylic acids is 4. The normalized spacial score (nSPS) is 21.6. The van der Waals surface area contributed by atoms with E-state index in [0.717, 1.165) is 48.1 Å². The van der Waals surface area contributed by atoms with Gasteiger partial charge in [0.25, 0.3) is 5.91 Å². The molecule has 1 unspecified atom stereocenters. The Bertz CT molecular complexity index is 966. The number of carbonyl (C=O) groups is 4. The zero-order chi connectivity index (χ0) is 24.3. The molecular formula is C25H34N4O5. The van der Waals surface area contributed by atoms with E-state index in [-0.39, 0.29) is 37.6 Å². The van der Waals surface area contributed by atoms with Crippen molar-refractivity contribution in [3.8, 4) is 0 Å². The lowest BCUT2D eigenvalue weighted by Crippen LogP contribution is -2.50. The molecular weight excluding hydrogens is 436 g/mol. The second-order valence-corrected chi connectivity index (χ2v) is 9.67. The highest BCUT2D eigenvalue weighted by Crippen LogP contribution is 2.33. The molecule has 1 atom stereocenters. The van der Waals surface area contributed by atoms with E-state index in [1.54, 1.807) is 0 Å². The Morgan fingerprint density at radius 2 is 1.94 bits per heavy atom. The van der Waals surface area contributed by atoms with Crippen molar-refractivity contribution in [2.75, 3.05) is 31.6 Å². The van der Waals surface area contributed by atoms with Crippen molar-refractivity contribution < 1.29 is 23.9 Å². The van der Waals surface area contributed by atoms with Crippen LogP contribution in [0.3, 0.4) is 0 Å². The zero-order valence-electron chi connectivity index (χ0n) is 20.0. The number of ether oxygens (including phenoxy) is 1. The smallest absolute Gasteiger partial charge is 0.325 e. The molecule has 0 aromatic heterocycles. The molecule has 1 spiro atoms. The molecule has 4 rings (SSSR count). The molecule has 1 aliphatic carbocycles. The second-order valence-electron chi connectivity index (χ2n) is 9.67. The summed E-state index contributed by atoms with van der Waals surface area (Å²) in [5.74, 6) is -1.11. The van der Waals surface area contributed by atoms with Crippen molar-refractivity contribution in [3.63, 3.8) is 0 Å². The molecule has 0 bridgehead atoms. The topological polar surface area (TPSA) is 108 Å². The van der Waals surface area contributed by atoms with Crippen LogP contribution in [0.4, 0.5) is 10.5 Å². The Hall–Kier alpha value is -2.94. The van der Waals surface area contributed by atoms with E-state index >= 15 is 0 Å². The van der Waals surface area contributed by atoms with Gasteiger partial charge in [-0.05, 0) is 56.7 Å². The van der Waals surface area contributed by atoms with E-state index in [1.807, 2.05) is 32.0 Å². The van der Waals surface area contributed by atoms with Gasteiger partial charge in [0.15, 0.2) is 0 Å². The molecule has 2 saturated heterocycles. The van der Waals surface area contributed by atoms with Crippen molar-refractivity contribution in [1.29, 1.82) is 0 Å². The summed E-state index contributed by atoms with van der Waals surface area (Å²) < 4.78 is 5.69. The molecule has 1 aromatic carbocycles. The summed E-state index contributed by atoms with van der Waals surface area (Å²) in [6.45, 7) is 4.20. The number of hydrogen-bond donors (Lipinski definition) is 2. The number of urea groups is 1. The molecule has 2 N–H and O–H groups in total. The number of rotatable bonds is 7. The molecule has 34 heavy (non-hydrogen) atoms. The van der Waals surface area contributed by atoms with E-state index in [4.69, 9.17) is 4.74 Å². The summed E-state index contributed by atoms with van der Waals surface area (Å²) in [5.41, 5.74) is 1.84. The third kappa shape index (κ3) is 5.09. The van der Waals surface area contributed by atoms with Gasteiger partial charge in [-0.3, -0.25) is 19.3 Å². The number of benzene rings is 1. The Kier molecular flexibility index (Phi) is 7.21. The Balaban J connectivity index is 1.45. The lowest BCUT2D eigenvalue weighted by atomic mass is 9.82. The molecule has 184 valence electrons. The number of hydrogen-bond acceptors (Lipinski definition) is 5. The average molecular weight is 471 g/mol. The Morgan fingerprint density at radius 1 is 1.18 bits per heavy atom. The van der Waals surface area contributed by atoms with Crippen LogP contribution >= 0.6 is 0 Å². The van der Waals surface area contributed by atoms with E-state index in [1.165, 1.54) is 4.90 Å². The molecule has 1 saturated carbocycles. The van der Waals surface area contributed by atoms with Gasteiger partial charge in [0.2, 0.25) is 11.8 Å². The lowest BCUT2D eigenvalue weighted by molar-refractivity contribution is -0.141. The number of imide groups is 1. The molecule has 1 aromatic rings. The van der Waals surface area contributed by atoms with Gasteiger partial charge in [-0.15, -0.1) is 0 Å². The van der Waals surface area contributed by atoms with Crippen molar-refractivity contribution in [2.45, 2.75) is 70.4 Å². The van der Waals surface area contributed by atoms with E-state index in [2.05, 4.69) is 10.6 Å². The molecule has 9 heteroatoms. The molecule has 2 aliphatic heterocycles. The fourth-order valence-corrected chi connectivity index (χ4v) is 5.09. The van der Waals surface area contributed by atoms with Crippen molar-refractivity contribution in [3.05, 3.63) is 29.3 Å². The van der Waals surface area contributed by atoms with Crippen LogP contribution < -0.4 is 10.6 Å². The fraction of sp³-hybridized carbons (Fsp3) is 0.600. The predicted molar refractivity (Wildman–Crippen MR) is 126 cm³/mol. The van der Waals surface area contributed by atoms with E-state index < -0.39 is 17.5 Å². The summed E-state index contributed by atoms with van der Waals surface area (Å²) in [4.78, 5) is 54.3. The number of anilines is 1. The number of amides is 5. The first-order valence-corrected chi connectivity index (χ1v) is 12.2. The van der Waals surface area contributed by atoms with Crippen LogP contribution in [0.5, 0.6) is 0 Å². The van der Waals surface area contributed by atoms with Crippen LogP contribution in [-0.2, 0) is 19.1 Å². The lowest BCUT2D eigenvalue weighted by Gasteiger charge is -2.30. The first-order chi connectivity index (χ1) is 16.3. The van der Waals surface area contributed by atoms with E-state index in [0.29, 0.717) is 25.1 Å². The zero-order valence-corrected chi connectivity index (χ0v) is 20.0. The van der Waals surface area contributed by atoms with Crippen molar-refractivity contribution in [2.24, 2.45) is 0 Å². The van der Waals surface area contributed by atoms with Crippen LogP contribution in [0.25, 0.3) is 0 Å². The monoisotopic (exact) mass is 470 g/mol. The van der Waals surface area contributed by atoms with Gasteiger partial charge < -0.3 is 20.3 Å². The molecule has 3 aliphatic rings. The van der Waals surface area contributed by atoms with Crippen molar-refractivity contribution >= 4 is 29.4 Å². The maximum atomic E-state index is 13.3. The maximum Gasteiger partial charge on any atom is 0.325 e. The fourth-order valence-electron chi connectivity index (χ4n) is 5.09. The molecule has 3 fully saturated rings. The number of nitrogens with zero attached hydrogens (tertiary/aromatic N) is 2. The molecule has 2 heterocycles. The maximum absolute atomic E-state index is 13.3. The van der Waals surface area contributed by atoms with Gasteiger partial charge in [-0.25, -0.2) is 4.79 Å². The first-order valence-electron chi connectivity index (χ1n) is 12.2. The summed E-state index contributed by atoms with van der Waals surface area (Å²) >= 11 is 0. The van der Waals surface area contributed by atoms with Crippen LogP contribution in [0, 0.1) is 13.8 Å². The predicted octanol–water partition coefficient (Wildman–Crippen LogP) is 2.50. The first kappa shape index (κ1) is 24.2. The standard InChI is InChI=1S/C25H34N4O5/c1-17-8-6-10-20(18(17)2)26-21(30)15-28(14-19-9-7-13-34-19)22(31)16-29-23(32)25(27-24(29)33)11-4-3-5-12-25/h6,8,10,19H,3-5,7,9,11-16H2,1-2H3,(H,26,30)(H,27,33). The minimum absolute atomic E-state index is 0.162. The largest absolute Gasteiger partial charge is 0.376 e. The van der Waals surface area contributed by atoms with Gasteiger partial charge in [0.1, 0.15) is 18.6 Å². The number of aryl methyl sites for hydroxylation is 1. The minimum Gasteiger partial charge on any atom is -0.376 e. The summed E-state index contributed by atoms with van der Waals surface area (Å²) in [7, 11) is 0. The molecule has 9 nitrogen and oxygen atoms in total. The highest BCUT2D eigenvalue weighted by Gasteiger charge is 2.51. The van der Waals surface area contributed by atoms with Gasteiger partial charge >= 0.3 is 6.03 Å². The van der Waals surface area contributed by atoms with Gasteiger partial charge in [0.05, 0.1) is 6.10 Å². The summed E-state index contributed by atoms with van der Waals surface area (Å²) in [5, 5.41) is 5.72. The van der Waals surface area contributed by atoms with Crippen LogP contribution in [-0.4, -0.2) is 71.4 Å².